The highest BCUT2D eigenvalue weighted by atomic mass is 79.9. The third-order valence-electron chi connectivity index (χ3n) is 2.31. The molecule has 1 unspecified atom stereocenters. The Bertz CT molecular complexity index is 485. The van der Waals surface area contributed by atoms with Gasteiger partial charge in [0.15, 0.2) is 0 Å². The average molecular weight is 329 g/mol. The number of ether oxygens (including phenoxy) is 1. The Morgan fingerprint density at radius 2 is 2.05 bits per heavy atom. The predicted molar refractivity (Wildman–Crippen MR) is 74.7 cm³/mol. The van der Waals surface area contributed by atoms with Crippen LogP contribution in [0.25, 0.3) is 0 Å². The van der Waals surface area contributed by atoms with Crippen molar-refractivity contribution in [2.45, 2.75) is 38.8 Å². The number of hydrogen-bond acceptors (Lipinski definition) is 4. The van der Waals surface area contributed by atoms with Gasteiger partial charge in [-0.05, 0) is 49.7 Å². The Morgan fingerprint density at radius 3 is 2.53 bits per heavy atom. The minimum atomic E-state index is -1.20. The van der Waals surface area contributed by atoms with Crippen molar-refractivity contribution in [3.63, 3.8) is 0 Å². The predicted octanol–water partition coefficient (Wildman–Crippen LogP) is 2.78. The summed E-state index contributed by atoms with van der Waals surface area (Å²) < 4.78 is 5.65. The molecule has 6 heteroatoms. The lowest BCUT2D eigenvalue weighted by Gasteiger charge is -2.28. The number of aromatic nitrogens is 1. The van der Waals surface area contributed by atoms with Crippen molar-refractivity contribution in [2.75, 3.05) is 0 Å². The second kappa shape index (κ2) is 5.69. The Hall–Kier alpha value is -1.43. The Kier molecular flexibility index (Phi) is 4.68. The van der Waals surface area contributed by atoms with Gasteiger partial charge in [-0.2, -0.15) is 0 Å². The van der Waals surface area contributed by atoms with Crippen molar-refractivity contribution in [1.29, 1.82) is 0 Å². The summed E-state index contributed by atoms with van der Waals surface area (Å²) in [5.74, 6) is 0. The quantitative estimate of drug-likeness (QED) is 0.684. The lowest BCUT2D eigenvalue weighted by Crippen LogP contribution is -2.47. The van der Waals surface area contributed by atoms with Crippen LogP contribution in [0.3, 0.4) is 0 Å². The van der Waals surface area contributed by atoms with Crippen LogP contribution in [0.2, 0.25) is 0 Å². The SMILES string of the molecule is CC(C)(C)OC(=O)NC(C)(C=O)c1cccnc1Br. The molecular weight excluding hydrogens is 312 g/mol. The summed E-state index contributed by atoms with van der Waals surface area (Å²) in [6.07, 6.45) is 1.59. The number of carbonyl (C=O) groups excluding carboxylic acids is 2. The molecular formula is C13H17BrN2O3. The van der Waals surface area contributed by atoms with Crippen LogP contribution in [0.15, 0.2) is 22.9 Å². The maximum Gasteiger partial charge on any atom is 0.408 e. The van der Waals surface area contributed by atoms with Crippen molar-refractivity contribution >= 4 is 28.3 Å². The summed E-state index contributed by atoms with van der Waals surface area (Å²) in [5.41, 5.74) is -1.26. The minimum absolute atomic E-state index is 0.501. The topological polar surface area (TPSA) is 68.3 Å². The summed E-state index contributed by atoms with van der Waals surface area (Å²) in [6, 6.07) is 3.40. The van der Waals surface area contributed by atoms with Crippen LogP contribution in [0.5, 0.6) is 0 Å². The Labute approximate surface area is 120 Å². The molecule has 1 aromatic rings. The first-order valence-corrected chi connectivity index (χ1v) is 6.56. The van der Waals surface area contributed by atoms with Gasteiger partial charge in [0.25, 0.3) is 0 Å². The second-order valence-corrected chi connectivity index (χ2v) is 6.04. The molecule has 19 heavy (non-hydrogen) atoms. The first kappa shape index (κ1) is 15.6. The highest BCUT2D eigenvalue weighted by Gasteiger charge is 2.32. The maximum atomic E-state index is 11.8. The van der Waals surface area contributed by atoms with Crippen molar-refractivity contribution in [3.8, 4) is 0 Å². The van der Waals surface area contributed by atoms with E-state index in [1.165, 1.54) is 0 Å². The molecule has 1 amide bonds. The van der Waals surface area contributed by atoms with Gasteiger partial charge in [0.05, 0.1) is 0 Å². The van der Waals surface area contributed by atoms with E-state index >= 15 is 0 Å². The molecule has 0 bridgehead atoms. The molecule has 1 rings (SSSR count). The van der Waals surface area contributed by atoms with E-state index in [9.17, 15) is 9.59 Å². The molecule has 0 radical (unpaired) electrons. The molecule has 1 N–H and O–H groups in total. The van der Waals surface area contributed by atoms with E-state index in [-0.39, 0.29) is 0 Å². The average Bonchev–Trinajstić information content (AvgIpc) is 2.26. The summed E-state index contributed by atoms with van der Waals surface area (Å²) in [5, 5.41) is 2.56. The van der Waals surface area contributed by atoms with E-state index < -0.39 is 17.2 Å². The standard InChI is InChI=1S/C13H17BrN2O3/c1-12(2,3)19-11(18)16-13(4,8-17)9-6-5-7-15-10(9)14/h5-8H,1-4H3,(H,16,18). The number of carbonyl (C=O) groups is 2. The molecule has 1 atom stereocenters. The fourth-order valence-corrected chi connectivity index (χ4v) is 2.11. The molecule has 104 valence electrons. The van der Waals surface area contributed by atoms with E-state index in [1.807, 2.05) is 0 Å². The van der Waals surface area contributed by atoms with Crippen LogP contribution in [0, 0.1) is 0 Å². The number of alkyl carbamates (subject to hydrolysis) is 1. The van der Waals surface area contributed by atoms with Gasteiger partial charge in [-0.3, -0.25) is 0 Å². The molecule has 0 aliphatic rings. The van der Waals surface area contributed by atoms with Gasteiger partial charge in [-0.15, -0.1) is 0 Å². The molecule has 0 aliphatic heterocycles. The van der Waals surface area contributed by atoms with E-state index in [1.54, 1.807) is 46.0 Å². The normalized spacial score (nSPS) is 14.4. The second-order valence-electron chi connectivity index (χ2n) is 5.29. The van der Waals surface area contributed by atoms with Crippen LogP contribution < -0.4 is 5.32 Å². The molecule has 1 aromatic heterocycles. The number of nitrogens with one attached hydrogen (secondary N) is 1. The molecule has 0 spiro atoms. The van der Waals surface area contributed by atoms with Crippen molar-refractivity contribution in [1.82, 2.24) is 10.3 Å². The number of hydrogen-bond donors (Lipinski definition) is 1. The highest BCUT2D eigenvalue weighted by Crippen LogP contribution is 2.25. The number of rotatable bonds is 3. The smallest absolute Gasteiger partial charge is 0.408 e. The summed E-state index contributed by atoms with van der Waals surface area (Å²) in [4.78, 5) is 27.2. The Morgan fingerprint density at radius 1 is 1.42 bits per heavy atom. The van der Waals surface area contributed by atoms with Crippen LogP contribution in [-0.4, -0.2) is 23.0 Å². The van der Waals surface area contributed by atoms with Gasteiger partial charge in [0.1, 0.15) is 22.0 Å². The molecule has 0 aliphatic carbocycles. The van der Waals surface area contributed by atoms with Gasteiger partial charge < -0.3 is 14.8 Å². The van der Waals surface area contributed by atoms with Crippen LogP contribution >= 0.6 is 15.9 Å². The zero-order chi connectivity index (χ0) is 14.7. The van der Waals surface area contributed by atoms with E-state index in [4.69, 9.17) is 4.74 Å². The van der Waals surface area contributed by atoms with Crippen LogP contribution in [0.1, 0.15) is 33.3 Å². The van der Waals surface area contributed by atoms with Gasteiger partial charge in [-0.25, -0.2) is 9.78 Å². The summed E-state index contributed by atoms with van der Waals surface area (Å²) in [6.45, 7) is 6.85. The summed E-state index contributed by atoms with van der Waals surface area (Å²) >= 11 is 3.26. The molecule has 0 aromatic carbocycles. The molecule has 5 nitrogen and oxygen atoms in total. The third-order valence-corrected chi connectivity index (χ3v) is 2.95. The lowest BCUT2D eigenvalue weighted by molar-refractivity contribution is -0.113. The third kappa shape index (κ3) is 4.31. The molecule has 0 saturated carbocycles. The fourth-order valence-electron chi connectivity index (χ4n) is 1.45. The van der Waals surface area contributed by atoms with Gasteiger partial charge in [0.2, 0.25) is 0 Å². The van der Waals surface area contributed by atoms with Gasteiger partial charge in [-0.1, -0.05) is 6.07 Å². The number of nitrogens with zero attached hydrogens (tertiary/aromatic N) is 1. The van der Waals surface area contributed by atoms with Crippen molar-refractivity contribution in [2.24, 2.45) is 0 Å². The van der Waals surface area contributed by atoms with Crippen molar-refractivity contribution in [3.05, 3.63) is 28.5 Å². The largest absolute Gasteiger partial charge is 0.444 e. The van der Waals surface area contributed by atoms with Crippen LogP contribution in [0.4, 0.5) is 4.79 Å². The number of amides is 1. The summed E-state index contributed by atoms with van der Waals surface area (Å²) in [7, 11) is 0. The first-order valence-electron chi connectivity index (χ1n) is 5.76. The minimum Gasteiger partial charge on any atom is -0.444 e. The molecule has 1 heterocycles. The van der Waals surface area contributed by atoms with Crippen molar-refractivity contribution < 1.29 is 14.3 Å². The Balaban J connectivity index is 2.97. The molecule has 0 saturated heterocycles. The zero-order valence-electron chi connectivity index (χ0n) is 11.4. The monoisotopic (exact) mass is 328 g/mol. The first-order chi connectivity index (χ1) is 8.68. The van der Waals surface area contributed by atoms with Gasteiger partial charge >= 0.3 is 6.09 Å². The maximum absolute atomic E-state index is 11.8. The fraction of sp³-hybridized carbons (Fsp3) is 0.462. The molecule has 0 fully saturated rings. The van der Waals surface area contributed by atoms with Gasteiger partial charge in [0, 0.05) is 11.8 Å². The van der Waals surface area contributed by atoms with E-state index in [0.717, 1.165) is 0 Å². The lowest BCUT2D eigenvalue weighted by atomic mass is 9.95. The van der Waals surface area contributed by atoms with E-state index in [0.29, 0.717) is 16.5 Å². The number of aldehydes is 1. The van der Waals surface area contributed by atoms with E-state index in [2.05, 4.69) is 26.2 Å². The number of halogens is 1. The highest BCUT2D eigenvalue weighted by molar-refractivity contribution is 9.10. The van der Waals surface area contributed by atoms with Crippen LogP contribution in [-0.2, 0) is 15.1 Å². The number of pyridine rings is 1. The zero-order valence-corrected chi connectivity index (χ0v) is 12.9.